The van der Waals surface area contributed by atoms with E-state index in [1.165, 1.54) is 61.8 Å². The third kappa shape index (κ3) is 6.55. The van der Waals surface area contributed by atoms with Crippen LogP contribution in [0.5, 0.6) is 0 Å². The summed E-state index contributed by atoms with van der Waals surface area (Å²) in [6.45, 7) is 4.44. The lowest BCUT2D eigenvalue weighted by atomic mass is 10.0. The molecule has 19 heavy (non-hydrogen) atoms. The number of thiophene rings is 1. The topological polar surface area (TPSA) is 38.0 Å². The van der Waals surface area contributed by atoms with Crippen LogP contribution in [-0.2, 0) is 0 Å². The maximum atomic E-state index is 5.69. The molecule has 1 atom stereocenters. The van der Waals surface area contributed by atoms with E-state index in [0.29, 0.717) is 6.04 Å². The van der Waals surface area contributed by atoms with E-state index in [9.17, 15) is 0 Å². The summed E-state index contributed by atoms with van der Waals surface area (Å²) in [5.41, 5.74) is 4.34. The first-order valence-corrected chi connectivity index (χ1v) is 8.67. The molecule has 0 saturated heterocycles. The van der Waals surface area contributed by atoms with Crippen LogP contribution in [0.15, 0.2) is 11.4 Å². The largest absolute Gasteiger partial charge is 0.271 e. The van der Waals surface area contributed by atoms with Gasteiger partial charge in [-0.15, -0.1) is 11.3 Å². The van der Waals surface area contributed by atoms with Gasteiger partial charge in [0, 0.05) is 4.88 Å². The van der Waals surface area contributed by atoms with E-state index in [4.69, 9.17) is 5.84 Å². The molecular weight excluding hydrogens is 252 g/mol. The molecule has 1 rings (SSSR count). The quantitative estimate of drug-likeness (QED) is 0.337. The van der Waals surface area contributed by atoms with Crippen LogP contribution in [0.2, 0.25) is 0 Å². The molecule has 110 valence electrons. The van der Waals surface area contributed by atoms with Gasteiger partial charge in [0.1, 0.15) is 0 Å². The average molecular weight is 282 g/mol. The van der Waals surface area contributed by atoms with Gasteiger partial charge in [0.05, 0.1) is 6.04 Å². The summed E-state index contributed by atoms with van der Waals surface area (Å²) in [6, 6.07) is 2.53. The second kappa shape index (κ2) is 10.4. The summed E-state index contributed by atoms with van der Waals surface area (Å²) in [5, 5.41) is 2.16. The average Bonchev–Trinajstić information content (AvgIpc) is 2.83. The Labute approximate surface area is 122 Å². The van der Waals surface area contributed by atoms with E-state index < -0.39 is 0 Å². The molecule has 3 N–H and O–H groups in total. The fourth-order valence-electron chi connectivity index (χ4n) is 2.51. The second-order valence-corrected chi connectivity index (χ2v) is 6.40. The highest BCUT2D eigenvalue weighted by Crippen LogP contribution is 2.27. The first kappa shape index (κ1) is 16.7. The van der Waals surface area contributed by atoms with Crippen molar-refractivity contribution in [3.05, 3.63) is 21.9 Å². The maximum Gasteiger partial charge on any atom is 0.0555 e. The molecule has 1 unspecified atom stereocenters. The minimum Gasteiger partial charge on any atom is -0.271 e. The van der Waals surface area contributed by atoms with Crippen LogP contribution < -0.4 is 11.3 Å². The number of aryl methyl sites for hydroxylation is 1. The fourth-order valence-corrected chi connectivity index (χ4v) is 3.54. The maximum absolute atomic E-state index is 5.69. The first-order valence-electron chi connectivity index (χ1n) is 7.79. The van der Waals surface area contributed by atoms with Crippen molar-refractivity contribution in [2.75, 3.05) is 0 Å². The van der Waals surface area contributed by atoms with Crippen LogP contribution in [0.25, 0.3) is 0 Å². The minimum atomic E-state index is 0.347. The van der Waals surface area contributed by atoms with E-state index in [1.54, 1.807) is 0 Å². The number of hydrazine groups is 1. The van der Waals surface area contributed by atoms with Gasteiger partial charge in [0.2, 0.25) is 0 Å². The number of rotatable bonds is 11. The molecule has 0 spiro atoms. The summed E-state index contributed by atoms with van der Waals surface area (Å²) in [7, 11) is 0. The molecule has 0 fully saturated rings. The zero-order valence-corrected chi connectivity index (χ0v) is 13.4. The molecule has 0 aliphatic rings. The molecule has 0 aliphatic heterocycles. The number of hydrogen-bond donors (Lipinski definition) is 2. The number of unbranched alkanes of at least 4 members (excludes halogenated alkanes) is 7. The Hall–Kier alpha value is -0.380. The van der Waals surface area contributed by atoms with Crippen molar-refractivity contribution in [2.45, 2.75) is 77.7 Å². The highest BCUT2D eigenvalue weighted by atomic mass is 32.1. The van der Waals surface area contributed by atoms with Crippen molar-refractivity contribution in [3.8, 4) is 0 Å². The SMILES string of the molecule is CCCCCCCCCCC(NN)c1sccc1C. The van der Waals surface area contributed by atoms with E-state index in [2.05, 4.69) is 30.7 Å². The van der Waals surface area contributed by atoms with Crippen LogP contribution in [0, 0.1) is 6.92 Å². The number of nitrogens with one attached hydrogen (secondary N) is 1. The first-order chi connectivity index (χ1) is 9.29. The molecule has 1 heterocycles. The van der Waals surface area contributed by atoms with Crippen LogP contribution in [0.4, 0.5) is 0 Å². The van der Waals surface area contributed by atoms with Crippen molar-refractivity contribution in [1.29, 1.82) is 0 Å². The Morgan fingerprint density at radius 1 is 1.11 bits per heavy atom. The molecule has 3 heteroatoms. The summed E-state index contributed by atoms with van der Waals surface area (Å²) in [4.78, 5) is 1.41. The van der Waals surface area contributed by atoms with Gasteiger partial charge in [-0.25, -0.2) is 0 Å². The van der Waals surface area contributed by atoms with E-state index >= 15 is 0 Å². The molecule has 2 nitrogen and oxygen atoms in total. The molecule has 0 bridgehead atoms. The Morgan fingerprint density at radius 2 is 1.74 bits per heavy atom. The van der Waals surface area contributed by atoms with Crippen LogP contribution in [-0.4, -0.2) is 0 Å². The summed E-state index contributed by atoms with van der Waals surface area (Å²) in [6.07, 6.45) is 12.1. The minimum absolute atomic E-state index is 0.347. The molecule has 0 amide bonds. The third-order valence-corrected chi connectivity index (χ3v) is 4.90. The molecule has 0 aliphatic carbocycles. The smallest absolute Gasteiger partial charge is 0.0555 e. The zero-order chi connectivity index (χ0) is 13.9. The normalized spacial score (nSPS) is 12.8. The Balaban J connectivity index is 2.09. The van der Waals surface area contributed by atoms with Crippen molar-refractivity contribution < 1.29 is 0 Å². The molecule has 1 aromatic heterocycles. The highest BCUT2D eigenvalue weighted by Gasteiger charge is 2.12. The van der Waals surface area contributed by atoms with Crippen molar-refractivity contribution in [2.24, 2.45) is 5.84 Å². The number of nitrogens with two attached hydrogens (primary N) is 1. The summed E-state index contributed by atoms with van der Waals surface area (Å²) in [5.74, 6) is 5.69. The predicted molar refractivity (Wildman–Crippen MR) is 86.3 cm³/mol. The molecule has 0 saturated carbocycles. The lowest BCUT2D eigenvalue weighted by Gasteiger charge is -2.15. The summed E-state index contributed by atoms with van der Waals surface area (Å²) < 4.78 is 0. The summed E-state index contributed by atoms with van der Waals surface area (Å²) >= 11 is 1.82. The lowest BCUT2D eigenvalue weighted by Crippen LogP contribution is -2.27. The van der Waals surface area contributed by atoms with Crippen molar-refractivity contribution in [3.63, 3.8) is 0 Å². The Morgan fingerprint density at radius 3 is 2.26 bits per heavy atom. The fraction of sp³-hybridized carbons (Fsp3) is 0.750. The highest BCUT2D eigenvalue weighted by molar-refractivity contribution is 7.10. The van der Waals surface area contributed by atoms with E-state index in [1.807, 2.05) is 11.3 Å². The zero-order valence-electron chi connectivity index (χ0n) is 12.6. The predicted octanol–water partition coefficient (Wildman–Crippen LogP) is 5.09. The van der Waals surface area contributed by atoms with Gasteiger partial charge < -0.3 is 0 Å². The third-order valence-electron chi connectivity index (χ3n) is 3.77. The molecule has 0 radical (unpaired) electrons. The van der Waals surface area contributed by atoms with Crippen LogP contribution >= 0.6 is 11.3 Å². The van der Waals surface area contributed by atoms with E-state index in [0.717, 1.165) is 6.42 Å². The van der Waals surface area contributed by atoms with Gasteiger partial charge in [-0.1, -0.05) is 58.3 Å². The van der Waals surface area contributed by atoms with Gasteiger partial charge in [0.25, 0.3) is 0 Å². The van der Waals surface area contributed by atoms with Crippen molar-refractivity contribution >= 4 is 11.3 Å². The van der Waals surface area contributed by atoms with Crippen LogP contribution in [0.1, 0.15) is 81.2 Å². The van der Waals surface area contributed by atoms with Gasteiger partial charge in [-0.2, -0.15) is 0 Å². The van der Waals surface area contributed by atoms with E-state index in [-0.39, 0.29) is 0 Å². The Bertz CT molecular complexity index is 322. The van der Waals surface area contributed by atoms with Gasteiger partial charge in [-0.05, 0) is 30.4 Å². The standard InChI is InChI=1S/C16H30N2S/c1-3-4-5-6-7-8-9-10-11-15(18-17)16-14(2)12-13-19-16/h12-13,15,18H,3-11,17H2,1-2H3. The van der Waals surface area contributed by atoms with Gasteiger partial charge in [-0.3, -0.25) is 11.3 Å². The second-order valence-electron chi connectivity index (χ2n) is 5.45. The van der Waals surface area contributed by atoms with Crippen molar-refractivity contribution in [1.82, 2.24) is 5.43 Å². The van der Waals surface area contributed by atoms with Gasteiger partial charge in [0.15, 0.2) is 0 Å². The number of hydrogen-bond acceptors (Lipinski definition) is 3. The Kier molecular flexibility index (Phi) is 9.14. The van der Waals surface area contributed by atoms with Crippen LogP contribution in [0.3, 0.4) is 0 Å². The molecule has 1 aromatic rings. The van der Waals surface area contributed by atoms with Gasteiger partial charge >= 0.3 is 0 Å². The molecule has 0 aromatic carbocycles. The molecular formula is C16H30N2S. The monoisotopic (exact) mass is 282 g/mol. The lowest BCUT2D eigenvalue weighted by molar-refractivity contribution is 0.479.